The van der Waals surface area contributed by atoms with Gasteiger partial charge in [-0.05, 0) is 136 Å². The first-order valence-electron chi connectivity index (χ1n) is 15.7. The van der Waals surface area contributed by atoms with Crippen LogP contribution in [-0.4, -0.2) is 33.9 Å². The van der Waals surface area contributed by atoms with Gasteiger partial charge in [-0.25, -0.2) is 0 Å². The molecule has 4 fully saturated rings. The van der Waals surface area contributed by atoms with Gasteiger partial charge in [0.25, 0.3) is 0 Å². The lowest BCUT2D eigenvalue weighted by Crippen LogP contribution is -2.58. The molecule has 4 saturated carbocycles. The maximum absolute atomic E-state index is 13.6. The second-order valence-electron chi connectivity index (χ2n) is 15.3. The quantitative estimate of drug-likeness (QED) is 0.460. The Morgan fingerprint density at radius 3 is 2.47 bits per heavy atom. The van der Waals surface area contributed by atoms with E-state index in [1.54, 1.807) is 0 Å². The van der Waals surface area contributed by atoms with Crippen molar-refractivity contribution in [3.8, 4) is 0 Å². The summed E-state index contributed by atoms with van der Waals surface area (Å²) in [6, 6.07) is 8.41. The zero-order valence-corrected chi connectivity index (χ0v) is 24.5. The third-order valence-electron chi connectivity index (χ3n) is 12.9. The second-order valence-corrected chi connectivity index (χ2v) is 15.3. The third kappa shape index (κ3) is 4.02. The molecule has 1 aliphatic heterocycles. The van der Waals surface area contributed by atoms with E-state index in [0.29, 0.717) is 41.9 Å². The van der Waals surface area contributed by atoms with E-state index in [1.165, 1.54) is 31.2 Å². The van der Waals surface area contributed by atoms with E-state index >= 15 is 0 Å². The number of para-hydroxylation sites is 1. The van der Waals surface area contributed by atoms with E-state index in [2.05, 4.69) is 63.8 Å². The van der Waals surface area contributed by atoms with Crippen molar-refractivity contribution < 1.29 is 15.0 Å². The number of benzene rings is 1. The summed E-state index contributed by atoms with van der Waals surface area (Å²) < 4.78 is 0. The van der Waals surface area contributed by atoms with Crippen LogP contribution in [0.15, 0.2) is 24.3 Å². The molecule has 1 heterocycles. The van der Waals surface area contributed by atoms with Gasteiger partial charge in [-0.1, -0.05) is 39.0 Å². The summed E-state index contributed by atoms with van der Waals surface area (Å²) in [5.74, 6) is 3.48. The molecule has 210 valence electrons. The van der Waals surface area contributed by atoms with Gasteiger partial charge in [0.05, 0.1) is 12.2 Å². The minimum absolute atomic E-state index is 0.160. The molecular formula is C34H51NO3. The molecule has 38 heavy (non-hydrogen) atoms. The Morgan fingerprint density at radius 1 is 0.974 bits per heavy atom. The Kier molecular flexibility index (Phi) is 6.58. The first kappa shape index (κ1) is 26.8. The largest absolute Gasteiger partial charge is 0.393 e. The van der Waals surface area contributed by atoms with Gasteiger partial charge >= 0.3 is 0 Å². The van der Waals surface area contributed by atoms with Gasteiger partial charge in [0.1, 0.15) is 0 Å². The van der Waals surface area contributed by atoms with Gasteiger partial charge in [-0.3, -0.25) is 4.79 Å². The standard InChI is InChI=1S/C34H51NO3/c1-21(10-13-30(38)35-28-9-7-6-8-22(28)20-32(35,2)3)25-11-12-26-31-27(15-17-34(25,26)5)33(4)16-14-24(36)18-23(33)19-29(31)37/h6-9,21,23-27,29,31,36-37H,10-20H2,1-5H3/t21-,23+,24-,25-,26+,27+,29+,31+,33+,34-/m1/s1. The molecule has 6 rings (SSSR count). The molecule has 1 amide bonds. The maximum Gasteiger partial charge on any atom is 0.227 e. The molecule has 5 aliphatic rings. The van der Waals surface area contributed by atoms with Crippen LogP contribution in [0.25, 0.3) is 0 Å². The summed E-state index contributed by atoms with van der Waals surface area (Å²) in [6.07, 6.45) is 10.9. The highest BCUT2D eigenvalue weighted by molar-refractivity contribution is 5.97. The molecule has 1 aromatic carbocycles. The van der Waals surface area contributed by atoms with Crippen molar-refractivity contribution in [1.82, 2.24) is 0 Å². The first-order chi connectivity index (χ1) is 18.0. The summed E-state index contributed by atoms with van der Waals surface area (Å²) in [5, 5.41) is 21.9. The number of fused-ring (bicyclic) bond motifs is 6. The molecule has 4 aliphatic carbocycles. The van der Waals surface area contributed by atoms with Crippen molar-refractivity contribution in [2.24, 2.45) is 46.3 Å². The number of nitrogens with zero attached hydrogens (tertiary/aromatic N) is 1. The van der Waals surface area contributed by atoms with Gasteiger partial charge in [-0.15, -0.1) is 0 Å². The van der Waals surface area contributed by atoms with E-state index in [0.717, 1.165) is 44.2 Å². The Morgan fingerprint density at radius 2 is 1.68 bits per heavy atom. The van der Waals surface area contributed by atoms with Gasteiger partial charge in [0.2, 0.25) is 5.91 Å². The SMILES string of the molecule is C[C@H](CCC(=O)N1c2ccccc2CC1(C)C)[C@H]1CC[C@H]2[C@@H]3[C@@H](O)C[C@@H]4C[C@H](O)CC[C@]4(C)[C@H]3CC[C@]12C. The Bertz CT molecular complexity index is 1070. The molecule has 0 bridgehead atoms. The number of hydrogen-bond donors (Lipinski definition) is 2. The van der Waals surface area contributed by atoms with E-state index in [-0.39, 0.29) is 34.5 Å². The summed E-state index contributed by atoms with van der Waals surface area (Å²) in [5.41, 5.74) is 2.78. The topological polar surface area (TPSA) is 60.8 Å². The summed E-state index contributed by atoms with van der Waals surface area (Å²) in [7, 11) is 0. The monoisotopic (exact) mass is 521 g/mol. The van der Waals surface area contributed by atoms with Crippen LogP contribution in [0.3, 0.4) is 0 Å². The molecule has 1 aromatic rings. The summed E-state index contributed by atoms with van der Waals surface area (Å²) in [4.78, 5) is 15.7. The lowest BCUT2D eigenvalue weighted by molar-refractivity contribution is -0.174. The highest BCUT2D eigenvalue weighted by atomic mass is 16.3. The Hall–Kier alpha value is -1.39. The van der Waals surface area contributed by atoms with E-state index in [9.17, 15) is 15.0 Å². The number of aliphatic hydroxyl groups is 2. The number of carbonyl (C=O) groups excluding carboxylic acids is 1. The predicted molar refractivity (Wildman–Crippen MR) is 153 cm³/mol. The number of rotatable bonds is 4. The third-order valence-corrected chi connectivity index (χ3v) is 12.9. The fraction of sp³-hybridized carbons (Fsp3) is 0.794. The number of aliphatic hydroxyl groups excluding tert-OH is 2. The molecule has 10 atom stereocenters. The minimum atomic E-state index is -0.221. The van der Waals surface area contributed by atoms with Crippen LogP contribution in [-0.2, 0) is 11.2 Å². The van der Waals surface area contributed by atoms with E-state index in [1.807, 2.05) is 0 Å². The van der Waals surface area contributed by atoms with Crippen LogP contribution in [0, 0.1) is 46.3 Å². The molecule has 0 spiro atoms. The molecule has 4 nitrogen and oxygen atoms in total. The van der Waals surface area contributed by atoms with Crippen molar-refractivity contribution in [2.45, 2.75) is 123 Å². The normalized spacial score (nSPS) is 44.1. The van der Waals surface area contributed by atoms with Crippen LogP contribution >= 0.6 is 0 Å². The molecule has 0 aromatic heterocycles. The molecule has 0 unspecified atom stereocenters. The van der Waals surface area contributed by atoms with Crippen molar-refractivity contribution in [1.29, 1.82) is 0 Å². The van der Waals surface area contributed by atoms with Crippen LogP contribution in [0.2, 0.25) is 0 Å². The second kappa shape index (κ2) is 9.33. The average Bonchev–Trinajstić information content (AvgIpc) is 3.35. The predicted octanol–water partition coefficient (Wildman–Crippen LogP) is 6.76. The fourth-order valence-corrected chi connectivity index (χ4v) is 11.1. The van der Waals surface area contributed by atoms with Crippen molar-refractivity contribution in [3.63, 3.8) is 0 Å². The number of hydrogen-bond acceptors (Lipinski definition) is 3. The maximum atomic E-state index is 13.6. The molecular weight excluding hydrogens is 470 g/mol. The summed E-state index contributed by atoms with van der Waals surface area (Å²) in [6.45, 7) is 11.8. The summed E-state index contributed by atoms with van der Waals surface area (Å²) >= 11 is 0. The zero-order chi connectivity index (χ0) is 27.0. The van der Waals surface area contributed by atoms with Gasteiger partial charge in [0.15, 0.2) is 0 Å². The molecule has 0 saturated heterocycles. The Balaban J connectivity index is 1.15. The van der Waals surface area contributed by atoms with Crippen LogP contribution in [0.1, 0.15) is 104 Å². The number of carbonyl (C=O) groups is 1. The van der Waals surface area contributed by atoms with E-state index < -0.39 is 0 Å². The number of anilines is 1. The highest BCUT2D eigenvalue weighted by Gasteiger charge is 2.62. The number of amides is 1. The average molecular weight is 522 g/mol. The van der Waals surface area contributed by atoms with Crippen LogP contribution in [0.5, 0.6) is 0 Å². The van der Waals surface area contributed by atoms with Crippen molar-refractivity contribution in [3.05, 3.63) is 29.8 Å². The fourth-order valence-electron chi connectivity index (χ4n) is 11.1. The van der Waals surface area contributed by atoms with E-state index in [4.69, 9.17) is 0 Å². The molecule has 2 N–H and O–H groups in total. The van der Waals surface area contributed by atoms with Crippen LogP contribution in [0.4, 0.5) is 5.69 Å². The van der Waals surface area contributed by atoms with Crippen molar-refractivity contribution in [2.75, 3.05) is 4.90 Å². The highest BCUT2D eigenvalue weighted by Crippen LogP contribution is 2.68. The van der Waals surface area contributed by atoms with Gasteiger partial charge in [0, 0.05) is 17.6 Å². The first-order valence-corrected chi connectivity index (χ1v) is 15.7. The van der Waals surface area contributed by atoms with Crippen molar-refractivity contribution >= 4 is 11.6 Å². The zero-order valence-electron chi connectivity index (χ0n) is 24.5. The lowest BCUT2D eigenvalue weighted by atomic mass is 9.43. The molecule has 4 heteroatoms. The minimum Gasteiger partial charge on any atom is -0.393 e. The van der Waals surface area contributed by atoms with Crippen LogP contribution < -0.4 is 4.90 Å². The van der Waals surface area contributed by atoms with Gasteiger partial charge < -0.3 is 15.1 Å². The Labute approximate surface area is 230 Å². The smallest absolute Gasteiger partial charge is 0.227 e. The molecule has 0 radical (unpaired) electrons. The van der Waals surface area contributed by atoms with Gasteiger partial charge in [-0.2, -0.15) is 0 Å². The lowest BCUT2D eigenvalue weighted by Gasteiger charge is -2.62.